The zero-order chi connectivity index (χ0) is 11.8. The highest BCUT2D eigenvalue weighted by Crippen LogP contribution is 2.24. The van der Waals surface area contributed by atoms with E-state index in [1.54, 1.807) is 0 Å². The van der Waals surface area contributed by atoms with Crippen molar-refractivity contribution in [1.29, 1.82) is 0 Å². The fraction of sp³-hybridized carbons (Fsp3) is 0.333. The highest BCUT2D eigenvalue weighted by atomic mass is 15.4. The molecule has 0 spiro atoms. The van der Waals surface area contributed by atoms with Gasteiger partial charge in [-0.2, -0.15) is 5.10 Å². The minimum Gasteiger partial charge on any atom is -0.399 e. The monoisotopic (exact) mass is 229 g/mol. The largest absolute Gasteiger partial charge is 0.399 e. The van der Waals surface area contributed by atoms with Crippen LogP contribution in [0.5, 0.6) is 0 Å². The Morgan fingerprint density at radius 1 is 1.24 bits per heavy atom. The van der Waals surface area contributed by atoms with Gasteiger partial charge in [0.15, 0.2) is 5.82 Å². The lowest BCUT2D eigenvalue weighted by Gasteiger charge is -2.17. The van der Waals surface area contributed by atoms with Crippen LogP contribution in [0, 0.1) is 0 Å². The molecule has 5 nitrogen and oxygen atoms in total. The second-order valence-corrected chi connectivity index (χ2v) is 4.39. The first-order chi connectivity index (χ1) is 8.24. The van der Waals surface area contributed by atoms with E-state index in [9.17, 15) is 0 Å². The predicted octanol–water partition coefficient (Wildman–Crippen LogP) is 1.32. The number of nitrogens with zero attached hydrogens (tertiary/aromatic N) is 3. The van der Waals surface area contributed by atoms with Crippen molar-refractivity contribution < 1.29 is 0 Å². The first kappa shape index (κ1) is 10.3. The Kier molecular flexibility index (Phi) is 2.33. The number of benzene rings is 1. The molecule has 0 saturated carbocycles. The first-order valence-corrected chi connectivity index (χ1v) is 5.80. The molecule has 0 fully saturated rings. The number of aromatic nitrogens is 3. The third kappa shape index (κ3) is 1.78. The van der Waals surface area contributed by atoms with Crippen LogP contribution in [-0.2, 0) is 6.54 Å². The van der Waals surface area contributed by atoms with E-state index in [0.717, 1.165) is 42.3 Å². The summed E-state index contributed by atoms with van der Waals surface area (Å²) in [4.78, 5) is 4.52. The van der Waals surface area contributed by atoms with Crippen LogP contribution in [0.15, 0.2) is 24.3 Å². The molecule has 5 heteroatoms. The predicted molar refractivity (Wildman–Crippen MR) is 66.0 cm³/mol. The van der Waals surface area contributed by atoms with Crippen LogP contribution in [0.3, 0.4) is 0 Å². The number of hydrogen-bond acceptors (Lipinski definition) is 4. The van der Waals surface area contributed by atoms with Crippen LogP contribution in [-0.4, -0.2) is 14.8 Å². The quantitative estimate of drug-likeness (QED) is 0.722. The van der Waals surface area contributed by atoms with Gasteiger partial charge in [0, 0.05) is 17.8 Å². The molecule has 1 unspecified atom stereocenters. The van der Waals surface area contributed by atoms with Crippen LogP contribution in [0.25, 0.3) is 11.4 Å². The molecule has 88 valence electrons. The van der Waals surface area contributed by atoms with E-state index in [1.165, 1.54) is 0 Å². The van der Waals surface area contributed by atoms with E-state index in [0.29, 0.717) is 0 Å². The van der Waals surface area contributed by atoms with Crippen molar-refractivity contribution in [1.82, 2.24) is 14.8 Å². The van der Waals surface area contributed by atoms with Gasteiger partial charge in [-0.25, -0.2) is 9.67 Å². The summed E-state index contributed by atoms with van der Waals surface area (Å²) in [6, 6.07) is 7.59. The minimum absolute atomic E-state index is 0.0128. The molecule has 0 aliphatic carbocycles. The molecule has 2 heterocycles. The molecule has 1 aromatic carbocycles. The summed E-state index contributed by atoms with van der Waals surface area (Å²) in [7, 11) is 0. The normalized spacial score (nSPS) is 19.0. The molecular formula is C12H15N5. The Balaban J connectivity index is 2.02. The molecule has 0 radical (unpaired) electrons. The molecule has 0 saturated heterocycles. The van der Waals surface area contributed by atoms with E-state index in [4.69, 9.17) is 11.5 Å². The van der Waals surface area contributed by atoms with Crippen LogP contribution in [0.1, 0.15) is 24.7 Å². The molecule has 0 bridgehead atoms. The molecule has 1 atom stereocenters. The highest BCUT2D eigenvalue weighted by molar-refractivity contribution is 5.58. The van der Waals surface area contributed by atoms with Crippen LogP contribution >= 0.6 is 0 Å². The summed E-state index contributed by atoms with van der Waals surface area (Å²) < 4.78 is 1.92. The number of nitrogens with two attached hydrogens (primary N) is 2. The Morgan fingerprint density at radius 3 is 2.71 bits per heavy atom. The molecule has 4 N–H and O–H groups in total. The van der Waals surface area contributed by atoms with Gasteiger partial charge in [0.2, 0.25) is 0 Å². The third-order valence-corrected chi connectivity index (χ3v) is 3.09. The third-order valence-electron chi connectivity index (χ3n) is 3.09. The second-order valence-electron chi connectivity index (χ2n) is 4.39. The number of nitrogen functional groups attached to an aromatic ring is 1. The maximum Gasteiger partial charge on any atom is 0.181 e. The fourth-order valence-electron chi connectivity index (χ4n) is 2.14. The molecule has 2 aromatic rings. The van der Waals surface area contributed by atoms with E-state index in [-0.39, 0.29) is 6.04 Å². The summed E-state index contributed by atoms with van der Waals surface area (Å²) in [5.74, 6) is 1.63. The van der Waals surface area contributed by atoms with Crippen molar-refractivity contribution >= 4 is 5.69 Å². The second kappa shape index (κ2) is 3.85. The summed E-state index contributed by atoms with van der Waals surface area (Å²) in [5, 5.41) is 4.49. The SMILES string of the molecule is Nc1ccc(-c2nc3n(n2)CCCC3N)cc1. The molecule has 17 heavy (non-hydrogen) atoms. The van der Waals surface area contributed by atoms with Crippen molar-refractivity contribution in [2.75, 3.05) is 5.73 Å². The Hall–Kier alpha value is -1.88. The number of aryl methyl sites for hydroxylation is 1. The topological polar surface area (TPSA) is 82.8 Å². The van der Waals surface area contributed by atoms with Gasteiger partial charge in [0.25, 0.3) is 0 Å². The molecule has 1 aliphatic heterocycles. The maximum absolute atomic E-state index is 6.02. The lowest BCUT2D eigenvalue weighted by Crippen LogP contribution is -2.22. The van der Waals surface area contributed by atoms with Gasteiger partial charge in [-0.15, -0.1) is 0 Å². The fourth-order valence-corrected chi connectivity index (χ4v) is 2.14. The van der Waals surface area contributed by atoms with Crippen LogP contribution in [0.2, 0.25) is 0 Å². The standard InChI is InChI=1S/C12H15N5/c13-9-5-3-8(4-6-9)11-15-12-10(14)2-1-7-17(12)16-11/h3-6,10H,1-2,7,13-14H2. The van der Waals surface area contributed by atoms with Crippen molar-refractivity contribution in [2.45, 2.75) is 25.4 Å². The van der Waals surface area contributed by atoms with Crippen LogP contribution in [0.4, 0.5) is 5.69 Å². The van der Waals surface area contributed by atoms with Crippen molar-refractivity contribution in [2.24, 2.45) is 5.73 Å². The molecular weight excluding hydrogens is 214 g/mol. The van der Waals surface area contributed by atoms with E-state index in [1.807, 2.05) is 28.9 Å². The van der Waals surface area contributed by atoms with Gasteiger partial charge in [-0.1, -0.05) is 0 Å². The van der Waals surface area contributed by atoms with Gasteiger partial charge >= 0.3 is 0 Å². The van der Waals surface area contributed by atoms with Gasteiger partial charge < -0.3 is 11.5 Å². The molecule has 0 amide bonds. The van der Waals surface area contributed by atoms with Crippen molar-refractivity contribution in [3.05, 3.63) is 30.1 Å². The van der Waals surface area contributed by atoms with E-state index in [2.05, 4.69) is 10.1 Å². The summed E-state index contributed by atoms with van der Waals surface area (Å²) >= 11 is 0. The minimum atomic E-state index is 0.0128. The van der Waals surface area contributed by atoms with Gasteiger partial charge in [-0.3, -0.25) is 0 Å². The van der Waals surface area contributed by atoms with Gasteiger partial charge in [-0.05, 0) is 37.1 Å². The zero-order valence-corrected chi connectivity index (χ0v) is 9.50. The van der Waals surface area contributed by atoms with Crippen LogP contribution < -0.4 is 11.5 Å². The number of hydrogen-bond donors (Lipinski definition) is 2. The number of rotatable bonds is 1. The average molecular weight is 229 g/mol. The van der Waals surface area contributed by atoms with E-state index >= 15 is 0 Å². The zero-order valence-electron chi connectivity index (χ0n) is 9.50. The molecule has 1 aromatic heterocycles. The van der Waals surface area contributed by atoms with Crippen molar-refractivity contribution in [3.63, 3.8) is 0 Å². The number of anilines is 1. The Bertz CT molecular complexity index is 528. The summed E-state index contributed by atoms with van der Waals surface area (Å²) in [5.41, 5.74) is 13.4. The van der Waals surface area contributed by atoms with E-state index < -0.39 is 0 Å². The lowest BCUT2D eigenvalue weighted by molar-refractivity contribution is 0.422. The summed E-state index contributed by atoms with van der Waals surface area (Å²) in [6.07, 6.45) is 2.05. The van der Waals surface area contributed by atoms with Gasteiger partial charge in [0.1, 0.15) is 5.82 Å². The highest BCUT2D eigenvalue weighted by Gasteiger charge is 2.21. The van der Waals surface area contributed by atoms with Gasteiger partial charge in [0.05, 0.1) is 6.04 Å². The Morgan fingerprint density at radius 2 is 2.00 bits per heavy atom. The molecule has 1 aliphatic rings. The molecule has 3 rings (SSSR count). The smallest absolute Gasteiger partial charge is 0.181 e. The van der Waals surface area contributed by atoms with Crippen molar-refractivity contribution in [3.8, 4) is 11.4 Å². The Labute approximate surface area is 99.4 Å². The maximum atomic E-state index is 6.02. The summed E-state index contributed by atoms with van der Waals surface area (Å²) in [6.45, 7) is 0.908. The lowest BCUT2D eigenvalue weighted by atomic mass is 10.1. The first-order valence-electron chi connectivity index (χ1n) is 5.80. The number of fused-ring (bicyclic) bond motifs is 1. The average Bonchev–Trinajstić information content (AvgIpc) is 2.75.